The van der Waals surface area contributed by atoms with Crippen LogP contribution in [0.3, 0.4) is 0 Å². The number of carbonyl (C=O) groups excluding carboxylic acids is 3. The molecule has 1 aliphatic rings. The van der Waals surface area contributed by atoms with E-state index in [0.29, 0.717) is 0 Å². The summed E-state index contributed by atoms with van der Waals surface area (Å²) in [7, 11) is 2.52. The Morgan fingerprint density at radius 3 is 2.18 bits per heavy atom. The lowest BCUT2D eigenvalue weighted by atomic mass is 9.97. The molecule has 0 unspecified atom stereocenters. The summed E-state index contributed by atoms with van der Waals surface area (Å²) in [4.78, 5) is 63.8. The number of esters is 3. The van der Waals surface area contributed by atoms with Gasteiger partial charge in [0.25, 0.3) is 5.56 Å². The molecule has 1 N–H and O–H groups in total. The van der Waals surface area contributed by atoms with Gasteiger partial charge in [-0.15, -0.1) is 11.8 Å². The van der Waals surface area contributed by atoms with Gasteiger partial charge in [-0.3, -0.25) is 33.3 Å². The molecule has 34 heavy (non-hydrogen) atoms. The number of aromatic hydroxyl groups is 1. The Morgan fingerprint density at radius 1 is 1.06 bits per heavy atom. The second-order valence-electron chi connectivity index (χ2n) is 7.44. The summed E-state index contributed by atoms with van der Waals surface area (Å²) < 4.78 is 23.4. The highest BCUT2D eigenvalue weighted by Gasteiger charge is 2.50. The number of aromatic nitrogens is 2. The first-order chi connectivity index (χ1) is 15.9. The molecule has 2 heterocycles. The van der Waals surface area contributed by atoms with Crippen LogP contribution >= 0.6 is 11.8 Å². The third-order valence-electron chi connectivity index (χ3n) is 4.95. The van der Waals surface area contributed by atoms with Gasteiger partial charge >= 0.3 is 23.6 Å². The van der Waals surface area contributed by atoms with Crippen molar-refractivity contribution in [3.63, 3.8) is 0 Å². The van der Waals surface area contributed by atoms with Crippen LogP contribution in [0.2, 0.25) is 0 Å². The molecule has 2 rings (SSSR count). The molecule has 14 heteroatoms. The van der Waals surface area contributed by atoms with E-state index < -0.39 is 64.8 Å². The Labute approximate surface area is 198 Å². The summed E-state index contributed by atoms with van der Waals surface area (Å²) in [5, 5.41) is 10.3. The van der Waals surface area contributed by atoms with E-state index in [9.17, 15) is 29.1 Å². The smallest absolute Gasteiger partial charge is 0.333 e. The highest BCUT2D eigenvalue weighted by Crippen LogP contribution is 2.33. The predicted molar refractivity (Wildman–Crippen MR) is 120 cm³/mol. The number of hydrogen-bond donors (Lipinski definition) is 1. The lowest BCUT2D eigenvalue weighted by Gasteiger charge is -2.43. The van der Waals surface area contributed by atoms with Crippen LogP contribution in [0.1, 0.15) is 26.3 Å². The normalized spacial score (nSPS) is 24.6. The summed E-state index contributed by atoms with van der Waals surface area (Å²) >= 11 is 1.19. The van der Waals surface area contributed by atoms with Gasteiger partial charge in [-0.2, -0.15) is 0 Å². The lowest BCUT2D eigenvalue weighted by molar-refractivity contribution is -0.208. The van der Waals surface area contributed by atoms with E-state index in [1.165, 1.54) is 32.8 Å². The van der Waals surface area contributed by atoms with Crippen molar-refractivity contribution in [2.24, 2.45) is 19.1 Å². The van der Waals surface area contributed by atoms with Crippen LogP contribution in [0.25, 0.3) is 0 Å². The summed E-state index contributed by atoms with van der Waals surface area (Å²) in [5.41, 5.74) is -2.60. The Balaban J connectivity index is 2.56. The summed E-state index contributed by atoms with van der Waals surface area (Å²) in [5.74, 6) is -2.59. The predicted octanol–water partition coefficient (Wildman–Crippen LogP) is -0.908. The van der Waals surface area contributed by atoms with Crippen molar-refractivity contribution >= 4 is 35.9 Å². The van der Waals surface area contributed by atoms with Crippen molar-refractivity contribution in [2.75, 3.05) is 12.9 Å². The van der Waals surface area contributed by atoms with Crippen LogP contribution in [0, 0.1) is 0 Å². The van der Waals surface area contributed by atoms with Crippen LogP contribution in [-0.2, 0) is 47.4 Å². The molecule has 1 aliphatic heterocycles. The van der Waals surface area contributed by atoms with Crippen LogP contribution in [0.4, 0.5) is 0 Å². The van der Waals surface area contributed by atoms with E-state index in [-0.39, 0.29) is 12.2 Å². The first kappa shape index (κ1) is 27.1. The number of carbonyl (C=O) groups is 3. The van der Waals surface area contributed by atoms with Crippen molar-refractivity contribution in [3.05, 3.63) is 26.4 Å². The third-order valence-corrected chi connectivity index (χ3v) is 5.80. The molecular formula is C20H27N3O10S. The fraction of sp³-hybridized carbons (Fsp3) is 0.600. The Bertz CT molecular complexity index is 1100. The zero-order chi connectivity index (χ0) is 25.7. The van der Waals surface area contributed by atoms with E-state index >= 15 is 0 Å². The van der Waals surface area contributed by atoms with Crippen LogP contribution in [-0.4, -0.2) is 81.0 Å². The van der Waals surface area contributed by atoms with Crippen molar-refractivity contribution in [1.29, 1.82) is 0 Å². The zero-order valence-electron chi connectivity index (χ0n) is 19.5. The lowest BCUT2D eigenvalue weighted by Crippen LogP contribution is -2.60. The van der Waals surface area contributed by atoms with Crippen LogP contribution < -0.4 is 11.2 Å². The fourth-order valence-corrected chi connectivity index (χ4v) is 4.13. The minimum absolute atomic E-state index is 0.277. The van der Waals surface area contributed by atoms with Crippen molar-refractivity contribution in [2.45, 2.75) is 50.6 Å². The molecule has 0 radical (unpaired) electrons. The number of ether oxygens (including phenoxy) is 4. The molecule has 0 amide bonds. The van der Waals surface area contributed by atoms with E-state index in [4.69, 9.17) is 18.9 Å². The maximum atomic E-state index is 12.5. The first-order valence-electron chi connectivity index (χ1n) is 10.1. The topological polar surface area (TPSA) is 165 Å². The number of rotatable bonds is 7. The SMILES string of the molecule is CS[C@@H]1O[C@H](COC(C)=O)[C@H](OC(C)=O)[C@H](OC(C)=O)[C@H]1N=Cc1c(O)n(C)c(=O)n(C)c1=O. The highest BCUT2D eigenvalue weighted by molar-refractivity contribution is 7.99. The van der Waals surface area contributed by atoms with Gasteiger partial charge in [-0.25, -0.2) is 4.79 Å². The maximum absolute atomic E-state index is 12.5. The van der Waals surface area contributed by atoms with E-state index in [2.05, 4.69) is 4.99 Å². The highest BCUT2D eigenvalue weighted by atomic mass is 32.2. The van der Waals surface area contributed by atoms with Gasteiger partial charge in [0, 0.05) is 41.1 Å². The van der Waals surface area contributed by atoms with Gasteiger partial charge in [0.2, 0.25) is 5.88 Å². The first-order valence-corrected chi connectivity index (χ1v) is 11.4. The van der Waals surface area contributed by atoms with Crippen LogP contribution in [0.15, 0.2) is 14.6 Å². The molecule has 13 nitrogen and oxygen atoms in total. The maximum Gasteiger partial charge on any atom is 0.333 e. The molecule has 0 saturated carbocycles. The fourth-order valence-electron chi connectivity index (χ4n) is 3.37. The molecule has 188 valence electrons. The number of nitrogens with zero attached hydrogens (tertiary/aromatic N) is 3. The molecule has 0 bridgehead atoms. The molecular weight excluding hydrogens is 474 g/mol. The molecule has 1 fully saturated rings. The van der Waals surface area contributed by atoms with Gasteiger partial charge in [0.05, 0.1) is 0 Å². The third kappa shape index (κ3) is 6.05. The average Bonchev–Trinajstić information content (AvgIpc) is 2.76. The largest absolute Gasteiger partial charge is 0.494 e. The van der Waals surface area contributed by atoms with Crippen molar-refractivity contribution < 1.29 is 38.4 Å². The molecule has 0 spiro atoms. The summed E-state index contributed by atoms with van der Waals surface area (Å²) in [6.07, 6.45) is -0.608. The molecule has 1 saturated heterocycles. The van der Waals surface area contributed by atoms with Gasteiger partial charge in [-0.1, -0.05) is 0 Å². The Kier molecular flexibility index (Phi) is 9.04. The second kappa shape index (κ2) is 11.3. The summed E-state index contributed by atoms with van der Waals surface area (Å²) in [6.45, 7) is 3.23. The van der Waals surface area contributed by atoms with Crippen LogP contribution in [0.5, 0.6) is 5.88 Å². The van der Waals surface area contributed by atoms with E-state index in [1.807, 2.05) is 0 Å². The van der Waals surface area contributed by atoms with E-state index in [1.54, 1.807) is 6.26 Å². The standard InChI is InChI=1S/C20H27N3O10S/c1-9(24)30-8-13-15(31-10(2)25)16(32-11(3)26)14(19(33-13)34-6)21-7-12-17(27)22(4)20(29)23(5)18(12)28/h7,13-16,19,27H,8H2,1-6H3/t13-,14-,15+,16-,19+/m1/s1. The van der Waals surface area contributed by atoms with E-state index in [0.717, 1.165) is 29.2 Å². The molecule has 5 atom stereocenters. The minimum Gasteiger partial charge on any atom is -0.494 e. The summed E-state index contributed by atoms with van der Waals surface area (Å²) in [6, 6.07) is -1.00. The zero-order valence-corrected chi connectivity index (χ0v) is 20.4. The number of thioether (sulfide) groups is 1. The molecule has 0 aliphatic carbocycles. The Hall–Kier alpha value is -3.13. The number of aliphatic imine (C=N–C) groups is 1. The van der Waals surface area contributed by atoms with Gasteiger partial charge in [-0.05, 0) is 6.26 Å². The molecule has 1 aromatic heterocycles. The van der Waals surface area contributed by atoms with Crippen molar-refractivity contribution in [3.8, 4) is 5.88 Å². The number of hydrogen-bond acceptors (Lipinski definition) is 12. The monoisotopic (exact) mass is 501 g/mol. The van der Waals surface area contributed by atoms with Gasteiger partial charge < -0.3 is 24.1 Å². The molecule has 0 aromatic carbocycles. The van der Waals surface area contributed by atoms with Crippen molar-refractivity contribution in [1.82, 2.24) is 9.13 Å². The molecule has 1 aromatic rings. The minimum atomic E-state index is -1.19. The average molecular weight is 502 g/mol. The quantitative estimate of drug-likeness (QED) is 0.279. The second-order valence-corrected chi connectivity index (χ2v) is 8.38. The Morgan fingerprint density at radius 2 is 1.65 bits per heavy atom. The van der Waals surface area contributed by atoms with Gasteiger partial charge in [0.15, 0.2) is 12.2 Å². The van der Waals surface area contributed by atoms with Gasteiger partial charge in [0.1, 0.15) is 29.8 Å².